The van der Waals surface area contributed by atoms with Gasteiger partial charge >= 0.3 is 0 Å². The number of aromatic nitrogens is 2. The van der Waals surface area contributed by atoms with Gasteiger partial charge in [0.2, 0.25) is 5.91 Å². The first-order valence-electron chi connectivity index (χ1n) is 9.66. The van der Waals surface area contributed by atoms with Crippen LogP contribution in [0.5, 0.6) is 5.75 Å². The van der Waals surface area contributed by atoms with Crippen molar-refractivity contribution in [2.24, 2.45) is 5.73 Å². The van der Waals surface area contributed by atoms with Gasteiger partial charge in [-0.05, 0) is 54.6 Å². The summed E-state index contributed by atoms with van der Waals surface area (Å²) in [4.78, 5) is 24.8. The normalized spacial score (nSPS) is 10.6. The van der Waals surface area contributed by atoms with Crippen molar-refractivity contribution in [3.63, 3.8) is 0 Å². The van der Waals surface area contributed by atoms with E-state index in [1.165, 1.54) is 18.2 Å². The van der Waals surface area contributed by atoms with Gasteiger partial charge in [0.05, 0.1) is 29.1 Å². The predicted molar refractivity (Wildman–Crippen MR) is 123 cm³/mol. The third-order valence-corrected chi connectivity index (χ3v) is 5.17. The van der Waals surface area contributed by atoms with Crippen LogP contribution in [-0.2, 0) is 0 Å². The Morgan fingerprint density at radius 3 is 2.41 bits per heavy atom. The summed E-state index contributed by atoms with van der Waals surface area (Å²) in [7, 11) is 1.59. The van der Waals surface area contributed by atoms with Crippen molar-refractivity contribution < 1.29 is 14.3 Å². The number of anilines is 1. The molecule has 0 saturated carbocycles. The Morgan fingerprint density at radius 1 is 1.03 bits per heavy atom. The lowest BCUT2D eigenvalue weighted by Crippen LogP contribution is -2.15. The SMILES string of the molecule is COc1ccc(-c2nn(-c3ccccc3)cc2C(=O)Nc2cc(C(N)=O)ccc2Cl)cc1. The first-order valence-corrected chi connectivity index (χ1v) is 10.0. The van der Waals surface area contributed by atoms with Gasteiger partial charge in [0.25, 0.3) is 5.91 Å². The van der Waals surface area contributed by atoms with Crippen LogP contribution in [0.4, 0.5) is 5.69 Å². The van der Waals surface area contributed by atoms with Crippen molar-refractivity contribution in [1.82, 2.24) is 9.78 Å². The summed E-state index contributed by atoms with van der Waals surface area (Å²) in [5.41, 5.74) is 8.22. The molecule has 32 heavy (non-hydrogen) atoms. The molecule has 7 nitrogen and oxygen atoms in total. The number of nitrogens with zero attached hydrogens (tertiary/aromatic N) is 2. The molecule has 0 bridgehead atoms. The largest absolute Gasteiger partial charge is 0.497 e. The number of primary amides is 1. The lowest BCUT2D eigenvalue weighted by molar-refractivity contribution is 0.0996. The van der Waals surface area contributed by atoms with E-state index in [0.29, 0.717) is 17.0 Å². The van der Waals surface area contributed by atoms with Gasteiger partial charge in [-0.3, -0.25) is 9.59 Å². The highest BCUT2D eigenvalue weighted by atomic mass is 35.5. The molecule has 0 unspecified atom stereocenters. The Bertz CT molecular complexity index is 1280. The number of amides is 2. The average molecular weight is 447 g/mol. The van der Waals surface area contributed by atoms with Crippen LogP contribution < -0.4 is 15.8 Å². The average Bonchev–Trinajstić information content (AvgIpc) is 3.27. The molecule has 3 N–H and O–H groups in total. The van der Waals surface area contributed by atoms with Crippen LogP contribution in [-0.4, -0.2) is 28.7 Å². The molecule has 4 aromatic rings. The van der Waals surface area contributed by atoms with Crippen molar-refractivity contribution >= 4 is 29.1 Å². The maximum absolute atomic E-state index is 13.2. The molecule has 0 aliphatic rings. The molecule has 1 aromatic heterocycles. The molecule has 3 aromatic carbocycles. The van der Waals surface area contributed by atoms with Gasteiger partial charge in [0.1, 0.15) is 11.4 Å². The van der Waals surface area contributed by atoms with Crippen molar-refractivity contribution in [2.75, 3.05) is 12.4 Å². The fraction of sp³-hybridized carbons (Fsp3) is 0.0417. The van der Waals surface area contributed by atoms with Crippen LogP contribution in [0, 0.1) is 0 Å². The topological polar surface area (TPSA) is 99.2 Å². The summed E-state index contributed by atoms with van der Waals surface area (Å²) in [5.74, 6) is -0.355. The van der Waals surface area contributed by atoms with Crippen LogP contribution in [0.2, 0.25) is 5.02 Å². The minimum atomic E-state index is -0.618. The molecule has 4 rings (SSSR count). The van der Waals surface area contributed by atoms with Crippen LogP contribution >= 0.6 is 11.6 Å². The number of hydrogen-bond acceptors (Lipinski definition) is 4. The molecule has 0 aliphatic heterocycles. The molecule has 1 heterocycles. The number of benzene rings is 3. The first-order chi connectivity index (χ1) is 15.5. The predicted octanol–water partition coefficient (Wildman–Crippen LogP) is 4.55. The maximum Gasteiger partial charge on any atom is 0.259 e. The van der Waals surface area contributed by atoms with Crippen molar-refractivity contribution in [3.8, 4) is 22.7 Å². The number of rotatable bonds is 6. The second-order valence-electron chi connectivity index (χ2n) is 6.91. The number of methoxy groups -OCH3 is 1. The van der Waals surface area contributed by atoms with Crippen molar-refractivity contribution in [3.05, 3.63) is 95.1 Å². The molecule has 160 valence electrons. The Kier molecular flexibility index (Phi) is 5.91. The quantitative estimate of drug-likeness (QED) is 0.453. The van der Waals surface area contributed by atoms with Gasteiger partial charge in [-0.15, -0.1) is 0 Å². The molecular formula is C24H19ClN4O3. The van der Waals surface area contributed by atoms with Gasteiger partial charge in [0, 0.05) is 17.3 Å². The molecule has 2 amide bonds. The van der Waals surface area contributed by atoms with Crippen molar-refractivity contribution in [2.45, 2.75) is 0 Å². The van der Waals surface area contributed by atoms with Gasteiger partial charge in [0.15, 0.2) is 0 Å². The van der Waals surface area contributed by atoms with Gasteiger partial charge in [-0.25, -0.2) is 4.68 Å². The Morgan fingerprint density at radius 2 is 1.75 bits per heavy atom. The number of ether oxygens (including phenoxy) is 1. The number of nitrogens with two attached hydrogens (primary N) is 1. The van der Waals surface area contributed by atoms with E-state index in [9.17, 15) is 9.59 Å². The zero-order valence-corrected chi connectivity index (χ0v) is 17.8. The first kappa shape index (κ1) is 21.1. The highest BCUT2D eigenvalue weighted by molar-refractivity contribution is 6.34. The monoisotopic (exact) mass is 446 g/mol. The number of para-hydroxylation sites is 1. The zero-order chi connectivity index (χ0) is 22.7. The molecule has 0 atom stereocenters. The van der Waals surface area contributed by atoms with E-state index in [0.717, 1.165) is 11.3 Å². The fourth-order valence-electron chi connectivity index (χ4n) is 3.18. The summed E-state index contributed by atoms with van der Waals surface area (Å²) < 4.78 is 6.86. The third kappa shape index (κ3) is 4.33. The molecule has 0 saturated heterocycles. The summed E-state index contributed by atoms with van der Waals surface area (Å²) in [6, 6.07) is 21.2. The lowest BCUT2D eigenvalue weighted by Gasteiger charge is -2.09. The summed E-state index contributed by atoms with van der Waals surface area (Å²) in [6.07, 6.45) is 1.65. The standard InChI is InChI=1S/C24H19ClN4O3/c1-32-18-10-7-15(8-11-18)22-19(14-29(28-22)17-5-3-2-4-6-17)24(31)27-21-13-16(23(26)30)9-12-20(21)25/h2-14H,1H3,(H2,26,30)(H,27,31). The summed E-state index contributed by atoms with van der Waals surface area (Å²) >= 11 is 6.22. The minimum Gasteiger partial charge on any atom is -0.497 e. The zero-order valence-electron chi connectivity index (χ0n) is 17.1. The van der Waals surface area contributed by atoms with Crippen LogP contribution in [0.25, 0.3) is 16.9 Å². The maximum atomic E-state index is 13.2. The summed E-state index contributed by atoms with van der Waals surface area (Å²) in [5, 5.41) is 7.69. The van der Waals surface area contributed by atoms with E-state index in [-0.39, 0.29) is 16.3 Å². The number of carbonyl (C=O) groups is 2. The van der Waals surface area contributed by atoms with Crippen LogP contribution in [0.3, 0.4) is 0 Å². The molecule has 0 fully saturated rings. The lowest BCUT2D eigenvalue weighted by atomic mass is 10.1. The molecular weight excluding hydrogens is 428 g/mol. The smallest absolute Gasteiger partial charge is 0.259 e. The van der Waals surface area contributed by atoms with E-state index in [2.05, 4.69) is 10.4 Å². The molecule has 8 heteroatoms. The van der Waals surface area contributed by atoms with E-state index in [1.807, 2.05) is 42.5 Å². The van der Waals surface area contributed by atoms with Crippen LogP contribution in [0.1, 0.15) is 20.7 Å². The number of carbonyl (C=O) groups excluding carboxylic acids is 2. The highest BCUT2D eigenvalue weighted by Gasteiger charge is 2.20. The van der Waals surface area contributed by atoms with Crippen LogP contribution in [0.15, 0.2) is 79.0 Å². The number of hydrogen-bond donors (Lipinski definition) is 2. The number of nitrogens with one attached hydrogen (secondary N) is 1. The Hall–Kier alpha value is -4.10. The van der Waals surface area contributed by atoms with Gasteiger partial charge < -0.3 is 15.8 Å². The fourth-order valence-corrected chi connectivity index (χ4v) is 3.34. The van der Waals surface area contributed by atoms with Crippen molar-refractivity contribution in [1.29, 1.82) is 0 Å². The Labute approximate surface area is 189 Å². The molecule has 0 spiro atoms. The second-order valence-corrected chi connectivity index (χ2v) is 7.32. The van der Waals surface area contributed by atoms with Gasteiger partial charge in [-0.1, -0.05) is 29.8 Å². The Balaban J connectivity index is 1.76. The summed E-state index contributed by atoms with van der Waals surface area (Å²) in [6.45, 7) is 0. The minimum absolute atomic E-state index is 0.236. The molecule has 0 radical (unpaired) electrons. The van der Waals surface area contributed by atoms with E-state index in [4.69, 9.17) is 22.1 Å². The van der Waals surface area contributed by atoms with E-state index < -0.39 is 11.8 Å². The van der Waals surface area contributed by atoms with E-state index >= 15 is 0 Å². The van der Waals surface area contributed by atoms with Gasteiger partial charge in [-0.2, -0.15) is 5.10 Å². The molecule has 0 aliphatic carbocycles. The third-order valence-electron chi connectivity index (χ3n) is 4.84. The highest BCUT2D eigenvalue weighted by Crippen LogP contribution is 2.28. The second kappa shape index (κ2) is 8.95. The number of halogens is 1. The van der Waals surface area contributed by atoms with E-state index in [1.54, 1.807) is 30.1 Å².